The molecule has 0 amide bonds. The molecule has 6 aliphatic rings. The van der Waals surface area contributed by atoms with Gasteiger partial charge in [-0.05, 0) is 148 Å². The summed E-state index contributed by atoms with van der Waals surface area (Å²) in [5.74, 6) is 0. The Morgan fingerprint density at radius 2 is 1.28 bits per heavy atom. The summed E-state index contributed by atoms with van der Waals surface area (Å²) in [6, 6.07) is 47.3. The van der Waals surface area contributed by atoms with E-state index in [1.807, 2.05) is 0 Å². The fourth-order valence-corrected chi connectivity index (χ4v) is 11.8. The lowest BCUT2D eigenvalue weighted by Gasteiger charge is -2.47. The molecule has 0 radical (unpaired) electrons. The molecule has 6 aromatic carbocycles. The number of allylic oxidation sites excluding steroid dienone is 6. The van der Waals surface area contributed by atoms with Gasteiger partial charge in [0.1, 0.15) is 0 Å². The molecular formula is C53H43N. The van der Waals surface area contributed by atoms with Crippen LogP contribution in [0.3, 0.4) is 0 Å². The number of para-hydroxylation sites is 2. The quantitative estimate of drug-likeness (QED) is 0.165. The smallest absolute Gasteiger partial charge is 0.0751 e. The summed E-state index contributed by atoms with van der Waals surface area (Å²) in [5, 5.41) is 0. The second-order valence-corrected chi connectivity index (χ2v) is 17.0. The molecule has 4 aliphatic carbocycles. The van der Waals surface area contributed by atoms with Gasteiger partial charge in [-0.1, -0.05) is 129 Å². The summed E-state index contributed by atoms with van der Waals surface area (Å²) < 4.78 is 0. The van der Waals surface area contributed by atoms with Crippen LogP contribution in [0.5, 0.6) is 0 Å². The van der Waals surface area contributed by atoms with Gasteiger partial charge in [0.15, 0.2) is 0 Å². The van der Waals surface area contributed by atoms with Crippen LogP contribution in [-0.2, 0) is 10.8 Å². The lowest BCUT2D eigenvalue weighted by atomic mass is 9.62. The molecule has 2 aliphatic heterocycles. The van der Waals surface area contributed by atoms with E-state index < -0.39 is 5.41 Å². The molecule has 54 heavy (non-hydrogen) atoms. The van der Waals surface area contributed by atoms with Crippen LogP contribution in [0.1, 0.15) is 91.3 Å². The number of hydrogen-bond donors (Lipinski definition) is 0. The van der Waals surface area contributed by atoms with Crippen molar-refractivity contribution in [3.63, 3.8) is 0 Å². The summed E-state index contributed by atoms with van der Waals surface area (Å²) in [5.41, 5.74) is 27.5. The van der Waals surface area contributed by atoms with Gasteiger partial charge in [0, 0.05) is 16.5 Å². The molecule has 0 N–H and O–H groups in total. The summed E-state index contributed by atoms with van der Waals surface area (Å²) in [4.78, 5) is 2.67. The van der Waals surface area contributed by atoms with Crippen molar-refractivity contribution in [3.05, 3.63) is 184 Å². The number of benzene rings is 6. The zero-order valence-corrected chi connectivity index (χ0v) is 31.4. The summed E-state index contributed by atoms with van der Waals surface area (Å²) in [7, 11) is 0. The van der Waals surface area contributed by atoms with E-state index in [9.17, 15) is 0 Å². The topological polar surface area (TPSA) is 3.24 Å². The Balaban J connectivity index is 1.28. The van der Waals surface area contributed by atoms with Crippen molar-refractivity contribution in [3.8, 4) is 33.4 Å². The number of aryl methyl sites for hydroxylation is 1. The van der Waals surface area contributed by atoms with E-state index in [2.05, 4.69) is 159 Å². The van der Waals surface area contributed by atoms with Crippen molar-refractivity contribution >= 4 is 28.2 Å². The molecule has 2 heterocycles. The molecule has 0 fully saturated rings. The highest BCUT2D eigenvalue weighted by molar-refractivity contribution is 6.10. The fraction of sp³-hybridized carbons (Fsp3) is 0.208. The second-order valence-electron chi connectivity index (χ2n) is 17.0. The first-order chi connectivity index (χ1) is 26.5. The molecule has 0 saturated heterocycles. The van der Waals surface area contributed by atoms with Gasteiger partial charge in [-0.15, -0.1) is 0 Å². The predicted molar refractivity (Wildman–Crippen MR) is 226 cm³/mol. The largest absolute Gasteiger partial charge is 0.309 e. The highest BCUT2D eigenvalue weighted by Crippen LogP contribution is 2.67. The maximum atomic E-state index is 2.67. The molecule has 12 rings (SSSR count). The first-order valence-corrected chi connectivity index (χ1v) is 20.1. The van der Waals surface area contributed by atoms with Gasteiger partial charge in [-0.2, -0.15) is 0 Å². The van der Waals surface area contributed by atoms with Gasteiger partial charge in [-0.25, -0.2) is 0 Å². The highest BCUT2D eigenvalue weighted by atomic mass is 15.2. The van der Waals surface area contributed by atoms with E-state index in [0.29, 0.717) is 0 Å². The van der Waals surface area contributed by atoms with Gasteiger partial charge >= 0.3 is 0 Å². The average molecular weight is 694 g/mol. The van der Waals surface area contributed by atoms with E-state index in [4.69, 9.17) is 0 Å². The molecule has 1 heteroatoms. The Labute approximate surface area is 319 Å². The van der Waals surface area contributed by atoms with Crippen molar-refractivity contribution in [2.24, 2.45) is 0 Å². The van der Waals surface area contributed by atoms with Crippen LogP contribution in [0.2, 0.25) is 0 Å². The van der Waals surface area contributed by atoms with Crippen LogP contribution in [0.15, 0.2) is 145 Å². The minimum absolute atomic E-state index is 0.0157. The Kier molecular flexibility index (Phi) is 6.11. The minimum Gasteiger partial charge on any atom is -0.309 e. The lowest BCUT2D eigenvalue weighted by Crippen LogP contribution is -2.37. The van der Waals surface area contributed by atoms with Gasteiger partial charge in [-0.3, -0.25) is 0 Å². The third kappa shape index (κ3) is 3.71. The van der Waals surface area contributed by atoms with Crippen LogP contribution in [0.25, 0.3) is 44.5 Å². The molecule has 1 nitrogen and oxygen atoms in total. The second kappa shape index (κ2) is 10.7. The van der Waals surface area contributed by atoms with Crippen LogP contribution >= 0.6 is 0 Å². The summed E-state index contributed by atoms with van der Waals surface area (Å²) >= 11 is 0. The van der Waals surface area contributed by atoms with Gasteiger partial charge in [0.25, 0.3) is 0 Å². The molecule has 1 unspecified atom stereocenters. The van der Waals surface area contributed by atoms with E-state index in [-0.39, 0.29) is 5.41 Å². The van der Waals surface area contributed by atoms with Gasteiger partial charge < -0.3 is 4.90 Å². The standard InChI is InChI=1S/C53H43N/c1-32-28-41-38-30-40-36-20-7-10-22-42(36)52(2,3)47(40)31-39(38)37-21-15-26-46-51(37)54(49(29-32)50(41)33-16-5-4-6-17-33)48-27-14-13-25-45(48)53(46)43-23-11-8-18-34(43)35-19-9-12-24-44(35)53/h4-6,8,11-18,21,23-31H,7,9-10,19-20,22H2,1-3H3. The minimum atomic E-state index is -0.420. The molecule has 0 aromatic heterocycles. The Hall–Kier alpha value is -5.66. The Morgan fingerprint density at radius 1 is 0.537 bits per heavy atom. The van der Waals surface area contributed by atoms with E-state index in [0.717, 1.165) is 12.8 Å². The molecule has 260 valence electrons. The molecule has 6 aromatic rings. The average Bonchev–Trinajstić information content (AvgIpc) is 3.63. The van der Waals surface area contributed by atoms with Crippen molar-refractivity contribution < 1.29 is 0 Å². The Bertz CT molecular complexity index is 2750. The number of fused-ring (bicyclic) bond motifs is 16. The molecule has 2 bridgehead atoms. The van der Waals surface area contributed by atoms with E-state index >= 15 is 0 Å². The van der Waals surface area contributed by atoms with Crippen molar-refractivity contribution in [1.29, 1.82) is 0 Å². The van der Waals surface area contributed by atoms with Crippen LogP contribution in [0.4, 0.5) is 17.1 Å². The van der Waals surface area contributed by atoms with Crippen molar-refractivity contribution in [1.82, 2.24) is 0 Å². The SMILES string of the molecule is Cc1cc2c(-c3ccccc3)c(c1)N1c3ccccc3C3(C4=C(CCC=C4)c4ccccc43)c3cccc(c31)-c1cc3c(cc1-2)C1=C(CCCC1)C3(C)C. The monoisotopic (exact) mass is 693 g/mol. The normalized spacial score (nSPS) is 20.4. The maximum Gasteiger partial charge on any atom is 0.0751 e. The number of rotatable bonds is 1. The number of nitrogens with zero attached hydrogens (tertiary/aromatic N) is 1. The number of hydrogen-bond acceptors (Lipinski definition) is 1. The maximum absolute atomic E-state index is 2.67. The van der Waals surface area contributed by atoms with E-state index in [1.54, 1.807) is 11.1 Å². The van der Waals surface area contributed by atoms with Gasteiger partial charge in [0.05, 0.1) is 22.5 Å². The highest BCUT2D eigenvalue weighted by Gasteiger charge is 2.53. The number of anilines is 3. The van der Waals surface area contributed by atoms with Crippen LogP contribution in [-0.4, -0.2) is 0 Å². The molecule has 1 atom stereocenters. The van der Waals surface area contributed by atoms with Crippen LogP contribution in [0, 0.1) is 6.92 Å². The molecule has 0 saturated carbocycles. The van der Waals surface area contributed by atoms with E-state index in [1.165, 1.54) is 126 Å². The molecular weight excluding hydrogens is 651 g/mol. The first-order valence-electron chi connectivity index (χ1n) is 20.1. The molecule has 1 spiro atoms. The van der Waals surface area contributed by atoms with Gasteiger partial charge in [0.2, 0.25) is 0 Å². The Morgan fingerprint density at radius 3 is 2.17 bits per heavy atom. The van der Waals surface area contributed by atoms with Crippen molar-refractivity contribution in [2.45, 2.75) is 70.1 Å². The summed E-state index contributed by atoms with van der Waals surface area (Å²) in [6.07, 6.45) is 12.0. The first kappa shape index (κ1) is 30.8. The third-order valence-corrected chi connectivity index (χ3v) is 14.0. The zero-order chi connectivity index (χ0) is 35.9. The third-order valence-electron chi connectivity index (χ3n) is 14.0. The fourth-order valence-electron chi connectivity index (χ4n) is 11.8. The van der Waals surface area contributed by atoms with Crippen LogP contribution < -0.4 is 4.90 Å². The van der Waals surface area contributed by atoms with Crippen molar-refractivity contribution in [2.75, 3.05) is 4.90 Å². The summed E-state index contributed by atoms with van der Waals surface area (Å²) in [6.45, 7) is 7.28. The predicted octanol–water partition coefficient (Wildman–Crippen LogP) is 14.2. The zero-order valence-electron chi connectivity index (χ0n) is 31.4. The lowest BCUT2D eigenvalue weighted by molar-refractivity contribution is 0.574.